The molecule has 0 atom stereocenters. The normalized spacial score (nSPS) is 11.3. The van der Waals surface area contributed by atoms with Gasteiger partial charge in [-0.2, -0.15) is 5.10 Å². The second kappa shape index (κ2) is 10.3. The van der Waals surface area contributed by atoms with Crippen molar-refractivity contribution in [2.45, 2.75) is 26.2 Å². The summed E-state index contributed by atoms with van der Waals surface area (Å²) >= 11 is 5.85. The topological polar surface area (TPSA) is 77.0 Å². The van der Waals surface area contributed by atoms with Crippen molar-refractivity contribution >= 4 is 29.7 Å². The number of nitrogens with zero attached hydrogens (tertiary/aromatic N) is 1. The zero-order valence-electron chi connectivity index (χ0n) is 18.9. The third kappa shape index (κ3) is 6.43. The Hall–Kier alpha value is -3.64. The van der Waals surface area contributed by atoms with Crippen molar-refractivity contribution in [3.05, 3.63) is 94.0 Å². The molecule has 0 aliphatic heterocycles. The number of carbonyl (C=O) groups excluding carboxylic acids is 2. The first kappa shape index (κ1) is 24.0. The largest absolute Gasteiger partial charge is 0.493 e. The van der Waals surface area contributed by atoms with Crippen LogP contribution in [0.3, 0.4) is 0 Å². The van der Waals surface area contributed by atoms with E-state index < -0.39 is 5.97 Å². The van der Waals surface area contributed by atoms with Gasteiger partial charge >= 0.3 is 5.97 Å². The fourth-order valence-corrected chi connectivity index (χ4v) is 3.07. The molecule has 3 aromatic carbocycles. The van der Waals surface area contributed by atoms with E-state index in [1.807, 2.05) is 12.1 Å². The zero-order chi connectivity index (χ0) is 24.0. The highest BCUT2D eigenvalue weighted by molar-refractivity contribution is 6.30. The van der Waals surface area contributed by atoms with Gasteiger partial charge in [-0.3, -0.25) is 4.79 Å². The van der Waals surface area contributed by atoms with Crippen molar-refractivity contribution in [3.8, 4) is 11.5 Å². The summed E-state index contributed by atoms with van der Waals surface area (Å²) < 4.78 is 10.8. The number of rotatable bonds is 6. The summed E-state index contributed by atoms with van der Waals surface area (Å²) in [5.74, 6) is -0.230. The minimum Gasteiger partial charge on any atom is -0.493 e. The monoisotopic (exact) mass is 464 g/mol. The van der Waals surface area contributed by atoms with Crippen molar-refractivity contribution in [3.63, 3.8) is 0 Å². The van der Waals surface area contributed by atoms with Crippen molar-refractivity contribution in [1.82, 2.24) is 5.43 Å². The van der Waals surface area contributed by atoms with Crippen LogP contribution in [0.1, 0.15) is 52.6 Å². The third-order valence-corrected chi connectivity index (χ3v) is 5.12. The second-order valence-corrected chi connectivity index (χ2v) is 8.77. The molecule has 0 unspecified atom stereocenters. The molecular formula is C26H25ClN2O4. The summed E-state index contributed by atoms with van der Waals surface area (Å²) in [5.41, 5.74) is 5.21. The number of halogens is 1. The summed E-state index contributed by atoms with van der Waals surface area (Å²) in [4.78, 5) is 24.7. The average molecular weight is 465 g/mol. The lowest BCUT2D eigenvalue weighted by atomic mass is 9.87. The van der Waals surface area contributed by atoms with E-state index in [4.69, 9.17) is 21.1 Å². The molecule has 1 N–H and O–H groups in total. The van der Waals surface area contributed by atoms with Crippen LogP contribution in [0.5, 0.6) is 11.5 Å². The maximum absolute atomic E-state index is 12.3. The highest BCUT2D eigenvalue weighted by atomic mass is 35.5. The fraction of sp³-hybridized carbons (Fsp3) is 0.192. The Morgan fingerprint density at radius 1 is 0.909 bits per heavy atom. The molecule has 3 aromatic rings. The second-order valence-electron chi connectivity index (χ2n) is 8.33. The van der Waals surface area contributed by atoms with Crippen molar-refractivity contribution < 1.29 is 19.1 Å². The maximum Gasteiger partial charge on any atom is 0.343 e. The number of hydrazone groups is 1. The molecule has 170 valence electrons. The van der Waals surface area contributed by atoms with E-state index in [0.717, 1.165) is 5.56 Å². The van der Waals surface area contributed by atoms with E-state index >= 15 is 0 Å². The van der Waals surface area contributed by atoms with Crippen LogP contribution < -0.4 is 14.9 Å². The highest BCUT2D eigenvalue weighted by Gasteiger charge is 2.15. The van der Waals surface area contributed by atoms with Crippen LogP contribution in [-0.4, -0.2) is 25.2 Å². The van der Waals surface area contributed by atoms with E-state index in [0.29, 0.717) is 27.5 Å². The fourth-order valence-electron chi connectivity index (χ4n) is 2.95. The van der Waals surface area contributed by atoms with Gasteiger partial charge in [0.05, 0.1) is 18.9 Å². The van der Waals surface area contributed by atoms with Crippen LogP contribution in [0.25, 0.3) is 0 Å². The summed E-state index contributed by atoms with van der Waals surface area (Å²) in [6.45, 7) is 6.35. The molecule has 0 aliphatic carbocycles. The standard InChI is InChI=1S/C26H25ClN2O4/c1-26(2,3)20-10-6-18(7-11-20)24(30)29-28-16-17-5-14-22(23(15-17)32-4)33-25(31)19-8-12-21(27)13-9-19/h5-16H,1-4H3,(H,29,30)/b28-16+. The SMILES string of the molecule is COc1cc(/C=N/NC(=O)c2ccc(C(C)(C)C)cc2)ccc1OC(=O)c1ccc(Cl)cc1. The van der Waals surface area contributed by atoms with Crippen LogP contribution in [-0.2, 0) is 5.41 Å². The highest BCUT2D eigenvalue weighted by Crippen LogP contribution is 2.28. The quantitative estimate of drug-likeness (QED) is 0.222. The Kier molecular flexibility index (Phi) is 7.51. The Labute approximate surface area is 198 Å². The number of carbonyl (C=O) groups is 2. The lowest BCUT2D eigenvalue weighted by Gasteiger charge is -2.18. The number of amides is 1. The first-order valence-corrected chi connectivity index (χ1v) is 10.6. The molecule has 0 radical (unpaired) electrons. The Bertz CT molecular complexity index is 1160. The minimum atomic E-state index is -0.531. The zero-order valence-corrected chi connectivity index (χ0v) is 19.6. The first-order chi connectivity index (χ1) is 15.7. The summed E-state index contributed by atoms with van der Waals surface area (Å²) in [6, 6.07) is 18.8. The molecule has 0 bridgehead atoms. The molecular weight excluding hydrogens is 440 g/mol. The Morgan fingerprint density at radius 2 is 1.55 bits per heavy atom. The van der Waals surface area contributed by atoms with Gasteiger partial charge in [0, 0.05) is 10.6 Å². The molecule has 0 saturated carbocycles. The average Bonchev–Trinajstić information content (AvgIpc) is 2.79. The molecule has 6 nitrogen and oxygen atoms in total. The molecule has 33 heavy (non-hydrogen) atoms. The van der Waals surface area contributed by atoms with Gasteiger partial charge in [-0.1, -0.05) is 44.5 Å². The summed E-state index contributed by atoms with van der Waals surface area (Å²) in [7, 11) is 1.47. The number of benzene rings is 3. The van der Waals surface area contributed by atoms with Gasteiger partial charge in [0.25, 0.3) is 5.91 Å². The van der Waals surface area contributed by atoms with Gasteiger partial charge in [0.15, 0.2) is 11.5 Å². The number of hydrogen-bond donors (Lipinski definition) is 1. The Balaban J connectivity index is 1.64. The number of methoxy groups -OCH3 is 1. The number of hydrogen-bond acceptors (Lipinski definition) is 5. The molecule has 0 heterocycles. The number of nitrogens with one attached hydrogen (secondary N) is 1. The van der Waals surface area contributed by atoms with Crippen molar-refractivity contribution in [1.29, 1.82) is 0 Å². The van der Waals surface area contributed by atoms with Crippen LogP contribution in [0.2, 0.25) is 5.02 Å². The molecule has 0 fully saturated rings. The molecule has 3 rings (SSSR count). The van der Waals surface area contributed by atoms with E-state index in [9.17, 15) is 9.59 Å². The lowest BCUT2D eigenvalue weighted by Crippen LogP contribution is -2.18. The van der Waals surface area contributed by atoms with Gasteiger partial charge in [-0.25, -0.2) is 10.2 Å². The van der Waals surface area contributed by atoms with E-state index in [1.165, 1.54) is 13.3 Å². The lowest BCUT2D eigenvalue weighted by molar-refractivity contribution is 0.0729. The van der Waals surface area contributed by atoms with E-state index in [-0.39, 0.29) is 17.1 Å². The van der Waals surface area contributed by atoms with Crippen molar-refractivity contribution in [2.24, 2.45) is 5.10 Å². The van der Waals surface area contributed by atoms with E-state index in [2.05, 4.69) is 31.3 Å². The van der Waals surface area contributed by atoms with Crippen molar-refractivity contribution in [2.75, 3.05) is 7.11 Å². The summed E-state index contributed by atoms with van der Waals surface area (Å²) in [6.07, 6.45) is 1.48. The summed E-state index contributed by atoms with van der Waals surface area (Å²) in [5, 5.41) is 4.54. The molecule has 0 saturated heterocycles. The molecule has 1 amide bonds. The molecule has 0 aliphatic rings. The predicted octanol–water partition coefficient (Wildman–Crippen LogP) is 5.63. The molecule has 7 heteroatoms. The van der Waals surface area contributed by atoms with Gasteiger partial charge in [0.1, 0.15) is 0 Å². The van der Waals surface area contributed by atoms with Crippen LogP contribution in [0, 0.1) is 0 Å². The number of esters is 1. The van der Waals surface area contributed by atoms with Crippen LogP contribution >= 0.6 is 11.6 Å². The van der Waals surface area contributed by atoms with E-state index in [1.54, 1.807) is 54.6 Å². The Morgan fingerprint density at radius 3 is 2.15 bits per heavy atom. The molecule has 0 aromatic heterocycles. The maximum atomic E-state index is 12.3. The predicted molar refractivity (Wildman–Crippen MR) is 130 cm³/mol. The smallest absolute Gasteiger partial charge is 0.343 e. The van der Waals surface area contributed by atoms with Crippen LogP contribution in [0.4, 0.5) is 0 Å². The number of ether oxygens (including phenoxy) is 2. The van der Waals surface area contributed by atoms with Gasteiger partial charge in [-0.05, 0) is 71.1 Å². The third-order valence-electron chi connectivity index (χ3n) is 4.86. The van der Waals surface area contributed by atoms with Gasteiger partial charge in [0.2, 0.25) is 0 Å². The van der Waals surface area contributed by atoms with Gasteiger partial charge in [-0.15, -0.1) is 0 Å². The van der Waals surface area contributed by atoms with Crippen LogP contribution in [0.15, 0.2) is 71.8 Å². The molecule has 0 spiro atoms. The van der Waals surface area contributed by atoms with Gasteiger partial charge < -0.3 is 9.47 Å². The first-order valence-electron chi connectivity index (χ1n) is 10.3. The minimum absolute atomic E-state index is 0.0154.